The molecule has 0 saturated heterocycles. The molecule has 0 fully saturated rings. The highest BCUT2D eigenvalue weighted by Crippen LogP contribution is 2.27. The lowest BCUT2D eigenvalue weighted by atomic mass is 10.2. The number of benzene rings is 2. The van der Waals surface area contributed by atoms with Crippen molar-refractivity contribution in [3.05, 3.63) is 62.5 Å². The second-order valence-corrected chi connectivity index (χ2v) is 5.48. The van der Waals surface area contributed by atoms with Crippen LogP contribution < -0.4 is 5.32 Å². The van der Waals surface area contributed by atoms with Gasteiger partial charge in [-0.25, -0.2) is 8.78 Å². The topological polar surface area (TPSA) is 29.1 Å². The Balaban J connectivity index is 2.29. The van der Waals surface area contributed by atoms with Crippen molar-refractivity contribution < 1.29 is 13.6 Å². The molecule has 0 spiro atoms. The monoisotopic (exact) mass is 389 g/mol. The Labute approximate surface area is 125 Å². The number of nitrogens with one attached hydrogen (secondary N) is 1. The minimum atomic E-state index is -0.838. The van der Waals surface area contributed by atoms with E-state index in [9.17, 15) is 13.6 Å². The van der Waals surface area contributed by atoms with Crippen LogP contribution in [0.4, 0.5) is 14.5 Å². The van der Waals surface area contributed by atoms with Gasteiger partial charge in [0, 0.05) is 20.6 Å². The van der Waals surface area contributed by atoms with Crippen LogP contribution in [0.3, 0.4) is 0 Å². The molecule has 1 amide bonds. The van der Waals surface area contributed by atoms with E-state index in [0.29, 0.717) is 11.6 Å². The van der Waals surface area contributed by atoms with Gasteiger partial charge >= 0.3 is 0 Å². The molecule has 0 aliphatic rings. The van der Waals surface area contributed by atoms with Crippen molar-refractivity contribution in [2.45, 2.75) is 0 Å². The lowest BCUT2D eigenvalue weighted by Crippen LogP contribution is -2.13. The fraction of sp³-hybridized carbons (Fsp3) is 0. The average Bonchev–Trinajstić information content (AvgIpc) is 2.33. The van der Waals surface area contributed by atoms with Crippen molar-refractivity contribution in [3.63, 3.8) is 0 Å². The van der Waals surface area contributed by atoms with Gasteiger partial charge in [-0.2, -0.15) is 0 Å². The maximum Gasteiger partial charge on any atom is 0.255 e. The van der Waals surface area contributed by atoms with Crippen LogP contribution in [0.15, 0.2) is 45.3 Å². The minimum Gasteiger partial charge on any atom is -0.319 e. The fourth-order valence-corrected chi connectivity index (χ4v) is 2.38. The van der Waals surface area contributed by atoms with Crippen molar-refractivity contribution >= 4 is 43.5 Å². The first-order chi connectivity index (χ1) is 8.97. The second-order valence-electron chi connectivity index (χ2n) is 3.71. The quantitative estimate of drug-likeness (QED) is 0.788. The molecule has 0 aromatic heterocycles. The summed E-state index contributed by atoms with van der Waals surface area (Å²) in [6.45, 7) is 0. The van der Waals surface area contributed by atoms with Gasteiger partial charge < -0.3 is 5.32 Å². The first kappa shape index (κ1) is 14.1. The van der Waals surface area contributed by atoms with E-state index in [-0.39, 0.29) is 10.2 Å². The average molecular weight is 391 g/mol. The second kappa shape index (κ2) is 5.79. The number of hydrogen-bond acceptors (Lipinski definition) is 1. The molecule has 2 aromatic rings. The van der Waals surface area contributed by atoms with E-state index in [2.05, 4.69) is 37.2 Å². The normalized spacial score (nSPS) is 10.3. The minimum absolute atomic E-state index is 0.0913. The van der Waals surface area contributed by atoms with Crippen LogP contribution in [0, 0.1) is 11.6 Å². The van der Waals surface area contributed by atoms with E-state index < -0.39 is 17.5 Å². The highest BCUT2D eigenvalue weighted by atomic mass is 79.9. The van der Waals surface area contributed by atoms with Crippen LogP contribution in [-0.4, -0.2) is 5.91 Å². The Kier molecular flexibility index (Phi) is 4.31. The summed E-state index contributed by atoms with van der Waals surface area (Å²) < 4.78 is 27.4. The third kappa shape index (κ3) is 3.39. The molecular weight excluding hydrogens is 384 g/mol. The SMILES string of the molecule is O=C(Nc1c(F)cc(F)cc1Br)c1cccc(Br)c1. The molecule has 19 heavy (non-hydrogen) atoms. The number of amides is 1. The van der Waals surface area contributed by atoms with Gasteiger partial charge in [0.05, 0.1) is 5.69 Å². The predicted octanol–water partition coefficient (Wildman–Crippen LogP) is 4.74. The number of halogens is 4. The third-order valence-electron chi connectivity index (χ3n) is 2.33. The Morgan fingerprint density at radius 3 is 2.47 bits per heavy atom. The maximum atomic E-state index is 13.6. The molecule has 2 nitrogen and oxygen atoms in total. The first-order valence-corrected chi connectivity index (χ1v) is 6.77. The highest BCUT2D eigenvalue weighted by Gasteiger charge is 2.14. The van der Waals surface area contributed by atoms with E-state index >= 15 is 0 Å². The smallest absolute Gasteiger partial charge is 0.255 e. The molecule has 0 unspecified atom stereocenters. The summed E-state index contributed by atoms with van der Waals surface area (Å²) in [4.78, 5) is 11.9. The summed E-state index contributed by atoms with van der Waals surface area (Å²) in [5, 5.41) is 2.40. The Hall–Kier alpha value is -1.27. The zero-order valence-electron chi connectivity index (χ0n) is 9.38. The van der Waals surface area contributed by atoms with Gasteiger partial charge in [0.25, 0.3) is 5.91 Å². The van der Waals surface area contributed by atoms with Gasteiger partial charge in [-0.05, 0) is 40.2 Å². The molecule has 0 saturated carbocycles. The van der Waals surface area contributed by atoms with Crippen molar-refractivity contribution in [2.75, 3.05) is 5.32 Å². The zero-order valence-corrected chi connectivity index (χ0v) is 12.6. The van der Waals surface area contributed by atoms with Gasteiger partial charge in [0.15, 0.2) is 5.82 Å². The van der Waals surface area contributed by atoms with Crippen molar-refractivity contribution in [3.8, 4) is 0 Å². The molecule has 0 aliphatic heterocycles. The largest absolute Gasteiger partial charge is 0.319 e. The summed E-state index contributed by atoms with van der Waals surface area (Å²) in [7, 11) is 0. The zero-order chi connectivity index (χ0) is 14.0. The van der Waals surface area contributed by atoms with Crippen molar-refractivity contribution in [2.24, 2.45) is 0 Å². The molecule has 0 heterocycles. The van der Waals surface area contributed by atoms with Crippen LogP contribution >= 0.6 is 31.9 Å². The molecule has 2 rings (SSSR count). The van der Waals surface area contributed by atoms with E-state index in [1.54, 1.807) is 24.3 Å². The Bertz CT molecular complexity index is 623. The molecule has 0 radical (unpaired) electrons. The molecule has 0 bridgehead atoms. The third-order valence-corrected chi connectivity index (χ3v) is 3.45. The number of anilines is 1. The Morgan fingerprint density at radius 1 is 1.11 bits per heavy atom. The van der Waals surface area contributed by atoms with Gasteiger partial charge in [-0.15, -0.1) is 0 Å². The lowest BCUT2D eigenvalue weighted by Gasteiger charge is -2.09. The Morgan fingerprint density at radius 2 is 1.84 bits per heavy atom. The molecule has 1 N–H and O–H groups in total. The molecule has 0 aliphatic carbocycles. The molecule has 0 atom stereocenters. The fourth-order valence-electron chi connectivity index (χ4n) is 1.48. The highest BCUT2D eigenvalue weighted by molar-refractivity contribution is 9.10. The van der Waals surface area contributed by atoms with Crippen LogP contribution in [0.1, 0.15) is 10.4 Å². The summed E-state index contributed by atoms with van der Waals surface area (Å²) >= 11 is 6.25. The standard InChI is InChI=1S/C13H7Br2F2NO/c14-8-3-1-2-7(4-8)13(19)18-12-10(15)5-9(16)6-11(12)17/h1-6H,(H,18,19). The predicted molar refractivity (Wildman–Crippen MR) is 76.2 cm³/mol. The number of hydrogen-bond donors (Lipinski definition) is 1. The molecule has 2 aromatic carbocycles. The molecular formula is C13H7Br2F2NO. The first-order valence-electron chi connectivity index (χ1n) is 5.19. The summed E-state index contributed by atoms with van der Waals surface area (Å²) in [5.74, 6) is -2.03. The van der Waals surface area contributed by atoms with Gasteiger partial charge in [-0.1, -0.05) is 22.0 Å². The number of carbonyl (C=O) groups is 1. The van der Waals surface area contributed by atoms with E-state index in [1.807, 2.05) is 0 Å². The van der Waals surface area contributed by atoms with E-state index in [0.717, 1.165) is 10.5 Å². The maximum absolute atomic E-state index is 13.6. The summed E-state index contributed by atoms with van der Waals surface area (Å²) in [6.07, 6.45) is 0. The lowest BCUT2D eigenvalue weighted by molar-refractivity contribution is 0.102. The van der Waals surface area contributed by atoms with Gasteiger partial charge in [-0.3, -0.25) is 4.79 Å². The van der Waals surface area contributed by atoms with Gasteiger partial charge in [0.2, 0.25) is 0 Å². The number of carbonyl (C=O) groups excluding carboxylic acids is 1. The van der Waals surface area contributed by atoms with Crippen LogP contribution in [0.25, 0.3) is 0 Å². The molecule has 98 valence electrons. The summed E-state index contributed by atoms with van der Waals surface area (Å²) in [5.41, 5.74) is 0.274. The summed E-state index contributed by atoms with van der Waals surface area (Å²) in [6, 6.07) is 8.45. The van der Waals surface area contributed by atoms with Crippen LogP contribution in [0.2, 0.25) is 0 Å². The van der Waals surface area contributed by atoms with Crippen LogP contribution in [0.5, 0.6) is 0 Å². The number of rotatable bonds is 2. The van der Waals surface area contributed by atoms with Crippen molar-refractivity contribution in [1.82, 2.24) is 0 Å². The molecule has 6 heteroatoms. The van der Waals surface area contributed by atoms with Crippen molar-refractivity contribution in [1.29, 1.82) is 0 Å². The van der Waals surface area contributed by atoms with Gasteiger partial charge in [0.1, 0.15) is 5.82 Å². The van der Waals surface area contributed by atoms with Crippen LogP contribution in [-0.2, 0) is 0 Å². The van der Waals surface area contributed by atoms with E-state index in [1.165, 1.54) is 0 Å². The van der Waals surface area contributed by atoms with E-state index in [4.69, 9.17) is 0 Å².